The Morgan fingerprint density at radius 2 is 1.09 bits per heavy atom. The predicted molar refractivity (Wildman–Crippen MR) is 226 cm³/mol. The lowest BCUT2D eigenvalue weighted by Crippen LogP contribution is -2.30. The van der Waals surface area contributed by atoms with E-state index in [1.165, 1.54) is 84.2 Å². The van der Waals surface area contributed by atoms with E-state index < -0.39 is 24.3 Å². The first kappa shape index (κ1) is 52.6. The maximum Gasteiger partial charge on any atom is 0.508 e. The summed E-state index contributed by atoms with van der Waals surface area (Å²) < 4.78 is 27.4. The van der Waals surface area contributed by atoms with Crippen molar-refractivity contribution in [1.29, 1.82) is 0 Å². The van der Waals surface area contributed by atoms with Crippen LogP contribution in [0.15, 0.2) is 24.3 Å². The molecule has 9 nitrogen and oxygen atoms in total. The lowest BCUT2D eigenvalue weighted by atomic mass is 10.0. The molecule has 55 heavy (non-hydrogen) atoms. The topological polar surface area (TPSA) is 101 Å². The Kier molecular flexibility index (Phi) is 39.5. The number of hydrogen-bond acceptors (Lipinski definition) is 9. The first-order valence-corrected chi connectivity index (χ1v) is 22.6. The molecule has 0 amide bonds. The van der Waals surface area contributed by atoms with Gasteiger partial charge >= 0.3 is 18.1 Å². The van der Waals surface area contributed by atoms with Crippen LogP contribution in [0, 0.1) is 0 Å². The van der Waals surface area contributed by atoms with Crippen LogP contribution in [0.4, 0.5) is 4.79 Å². The van der Waals surface area contributed by atoms with E-state index in [1.807, 2.05) is 0 Å². The van der Waals surface area contributed by atoms with Gasteiger partial charge in [-0.05, 0) is 77.3 Å². The van der Waals surface area contributed by atoms with Crippen LogP contribution in [0.25, 0.3) is 0 Å². The molecule has 2 atom stereocenters. The number of esters is 2. The molecule has 0 aromatic heterocycles. The summed E-state index contributed by atoms with van der Waals surface area (Å²) >= 11 is 0. The number of unbranched alkanes of at least 4 members (excludes halogenated alkanes) is 17. The summed E-state index contributed by atoms with van der Waals surface area (Å²) in [5.74, 6) is -0.723. The molecule has 0 rings (SSSR count). The normalized spacial score (nSPS) is 12.8. The molecule has 0 aromatic carbocycles. The number of rotatable bonds is 40. The quantitative estimate of drug-likeness (QED) is 0.0260. The number of ether oxygens (including phenoxy) is 5. The van der Waals surface area contributed by atoms with Crippen molar-refractivity contribution in [2.24, 2.45) is 0 Å². The zero-order valence-corrected chi connectivity index (χ0v) is 36.3. The molecule has 0 radical (unpaired) electrons. The Bertz CT molecular complexity index is 935. The molecule has 0 aromatic rings. The van der Waals surface area contributed by atoms with E-state index in [1.54, 1.807) is 0 Å². The molecule has 0 spiro atoms. The van der Waals surface area contributed by atoms with E-state index >= 15 is 0 Å². The smallest absolute Gasteiger partial charge is 0.462 e. The number of carbonyl (C=O) groups excluding carboxylic acids is 3. The van der Waals surface area contributed by atoms with Crippen molar-refractivity contribution in [2.75, 3.05) is 46.6 Å². The lowest BCUT2D eigenvalue weighted by Gasteiger charge is -2.20. The highest BCUT2D eigenvalue weighted by Gasteiger charge is 2.21. The van der Waals surface area contributed by atoms with Gasteiger partial charge in [0.05, 0.1) is 13.2 Å². The van der Waals surface area contributed by atoms with E-state index in [4.69, 9.17) is 23.7 Å². The van der Waals surface area contributed by atoms with E-state index in [9.17, 15) is 14.4 Å². The predicted octanol–water partition coefficient (Wildman–Crippen LogP) is 12.2. The van der Waals surface area contributed by atoms with Gasteiger partial charge in [0.1, 0.15) is 12.7 Å². The van der Waals surface area contributed by atoms with Gasteiger partial charge in [0.15, 0.2) is 6.10 Å². The van der Waals surface area contributed by atoms with Gasteiger partial charge in [0.25, 0.3) is 0 Å². The summed E-state index contributed by atoms with van der Waals surface area (Å²) in [6.45, 7) is 11.9. The first-order valence-electron chi connectivity index (χ1n) is 22.6. The van der Waals surface area contributed by atoms with Crippen LogP contribution in [0.3, 0.4) is 0 Å². The molecule has 0 fully saturated rings. The molecule has 0 bridgehead atoms. The van der Waals surface area contributed by atoms with Gasteiger partial charge in [-0.15, -0.1) is 0 Å². The highest BCUT2D eigenvalue weighted by molar-refractivity contribution is 5.70. The fraction of sp³-hybridized carbons (Fsp3) is 0.848. The standard InChI is InChI=1S/C46H85NO8/c1-6-10-12-14-16-18-20-21-22-23-24-26-28-30-32-35-44(48)53-41-43(40-51-5)54-45(49)37-36-42(34-31-29-27-25-19-17-15-13-11-7-2)55-46(50)52-39-33-38-47(8-3)9-4/h16,18,21-22,42-43H,6-15,17,19-20,23-41H2,1-5H3/b18-16-,22-21-. The van der Waals surface area contributed by atoms with Crippen LogP contribution in [0.5, 0.6) is 0 Å². The highest BCUT2D eigenvalue weighted by atomic mass is 16.7. The second-order valence-electron chi connectivity index (χ2n) is 15.0. The molecule has 0 saturated carbocycles. The molecule has 0 N–H and O–H groups in total. The Morgan fingerprint density at radius 3 is 1.71 bits per heavy atom. The van der Waals surface area contributed by atoms with Crippen LogP contribution in [-0.4, -0.2) is 81.8 Å². The molecular formula is C46H85NO8. The van der Waals surface area contributed by atoms with Crippen molar-refractivity contribution in [3.63, 3.8) is 0 Å². The van der Waals surface area contributed by atoms with Crippen LogP contribution < -0.4 is 0 Å². The third-order valence-electron chi connectivity index (χ3n) is 9.96. The Balaban J connectivity index is 4.50. The van der Waals surface area contributed by atoms with Crippen molar-refractivity contribution in [2.45, 2.75) is 207 Å². The molecule has 0 aliphatic rings. The van der Waals surface area contributed by atoms with Crippen molar-refractivity contribution in [1.82, 2.24) is 4.90 Å². The van der Waals surface area contributed by atoms with Gasteiger partial charge in [-0.1, -0.05) is 142 Å². The highest BCUT2D eigenvalue weighted by Crippen LogP contribution is 2.17. The average Bonchev–Trinajstić information content (AvgIpc) is 3.18. The SMILES string of the molecule is CCCCC/C=C\C/C=C\CCCCCCCC(=O)OCC(COC)OC(=O)CCC(CCCCCCCCCCCC)OC(=O)OCCCN(CC)CC. The third kappa shape index (κ3) is 37.0. The minimum atomic E-state index is -0.692. The minimum absolute atomic E-state index is 0.0446. The summed E-state index contributed by atoms with van der Waals surface area (Å²) in [5, 5.41) is 0. The maximum absolute atomic E-state index is 12.9. The summed E-state index contributed by atoms with van der Waals surface area (Å²) in [6, 6.07) is 0. The molecule has 0 saturated heterocycles. The summed E-state index contributed by atoms with van der Waals surface area (Å²) in [6.07, 6.45) is 34.0. The monoisotopic (exact) mass is 780 g/mol. The van der Waals surface area contributed by atoms with Crippen molar-refractivity contribution < 1.29 is 38.1 Å². The molecule has 0 aliphatic heterocycles. The lowest BCUT2D eigenvalue weighted by molar-refractivity contribution is -0.162. The number of allylic oxidation sites excluding steroid dienone is 4. The van der Waals surface area contributed by atoms with Crippen molar-refractivity contribution in [3.8, 4) is 0 Å². The molecule has 0 heterocycles. The zero-order chi connectivity index (χ0) is 40.5. The fourth-order valence-corrected chi connectivity index (χ4v) is 6.44. The first-order chi connectivity index (χ1) is 26.9. The van der Waals surface area contributed by atoms with Gasteiger partial charge in [0.2, 0.25) is 0 Å². The minimum Gasteiger partial charge on any atom is -0.462 e. The van der Waals surface area contributed by atoms with Gasteiger partial charge in [-0.3, -0.25) is 9.59 Å². The summed E-state index contributed by atoms with van der Waals surface area (Å²) in [4.78, 5) is 40.1. The second-order valence-corrected chi connectivity index (χ2v) is 15.0. The van der Waals surface area contributed by atoms with E-state index in [0.717, 1.165) is 83.8 Å². The van der Waals surface area contributed by atoms with Gasteiger partial charge < -0.3 is 28.6 Å². The van der Waals surface area contributed by atoms with Gasteiger partial charge in [0, 0.05) is 26.5 Å². The van der Waals surface area contributed by atoms with Crippen LogP contribution >= 0.6 is 0 Å². The van der Waals surface area contributed by atoms with Crippen LogP contribution in [0.2, 0.25) is 0 Å². The Hall–Kier alpha value is -2.39. The van der Waals surface area contributed by atoms with Crippen molar-refractivity contribution in [3.05, 3.63) is 24.3 Å². The van der Waals surface area contributed by atoms with Gasteiger partial charge in [-0.25, -0.2) is 4.79 Å². The van der Waals surface area contributed by atoms with Gasteiger partial charge in [-0.2, -0.15) is 0 Å². The second kappa shape index (κ2) is 41.2. The van der Waals surface area contributed by atoms with E-state index in [2.05, 4.69) is 56.9 Å². The zero-order valence-electron chi connectivity index (χ0n) is 36.3. The largest absolute Gasteiger partial charge is 0.508 e. The molecular weight excluding hydrogens is 695 g/mol. The van der Waals surface area contributed by atoms with Crippen LogP contribution in [0.1, 0.15) is 195 Å². The van der Waals surface area contributed by atoms with E-state index in [0.29, 0.717) is 25.9 Å². The molecule has 0 aliphatic carbocycles. The van der Waals surface area contributed by atoms with E-state index in [-0.39, 0.29) is 25.6 Å². The fourth-order valence-electron chi connectivity index (χ4n) is 6.44. The molecule has 9 heteroatoms. The van der Waals surface area contributed by atoms with Crippen molar-refractivity contribution >= 4 is 18.1 Å². The summed E-state index contributed by atoms with van der Waals surface area (Å²) in [5.41, 5.74) is 0. The number of carbonyl (C=O) groups is 3. The Labute approximate surface area is 338 Å². The Morgan fingerprint density at radius 1 is 0.527 bits per heavy atom. The molecule has 2 unspecified atom stereocenters. The molecule has 322 valence electrons. The number of hydrogen-bond donors (Lipinski definition) is 0. The number of nitrogens with zero attached hydrogens (tertiary/aromatic N) is 1. The van der Waals surface area contributed by atoms with Crippen LogP contribution in [-0.2, 0) is 33.3 Å². The number of methoxy groups -OCH3 is 1. The maximum atomic E-state index is 12.9. The third-order valence-corrected chi connectivity index (χ3v) is 9.96. The summed E-state index contributed by atoms with van der Waals surface area (Å²) in [7, 11) is 1.52. The average molecular weight is 780 g/mol.